The van der Waals surface area contributed by atoms with Gasteiger partial charge in [-0.3, -0.25) is 4.72 Å². The molecular weight excluding hydrogens is 450 g/mol. The molecule has 2 aromatic carbocycles. The lowest BCUT2D eigenvalue weighted by Crippen LogP contribution is -2.31. The number of nitrogens with one attached hydrogen (secondary N) is 3. The lowest BCUT2D eigenvalue weighted by molar-refractivity contribution is 0.249. The molecule has 8 heteroatoms. The Morgan fingerprint density at radius 3 is 2.15 bits per heavy atom. The van der Waals surface area contributed by atoms with E-state index >= 15 is 0 Å². The van der Waals surface area contributed by atoms with Gasteiger partial charge in [-0.15, -0.1) is 5.54 Å². The zero-order valence-corrected chi connectivity index (χ0v) is 22.6. The molecule has 0 bridgehead atoms. The Labute approximate surface area is 199 Å². The second kappa shape index (κ2) is 10.0. The van der Waals surface area contributed by atoms with E-state index in [0.717, 1.165) is 11.8 Å². The third kappa shape index (κ3) is 8.95. The summed E-state index contributed by atoms with van der Waals surface area (Å²) in [4.78, 5) is 12.5. The van der Waals surface area contributed by atoms with Crippen molar-refractivity contribution in [3.8, 4) is 11.5 Å². The molecule has 2 rings (SSSR count). The van der Waals surface area contributed by atoms with Crippen LogP contribution >= 0.6 is 0 Å². The van der Waals surface area contributed by atoms with Gasteiger partial charge in [0.2, 0.25) is 10.0 Å². The number of rotatable bonds is 5. The van der Waals surface area contributed by atoms with E-state index in [-0.39, 0.29) is 17.5 Å². The predicted molar refractivity (Wildman–Crippen MR) is 141 cm³/mol. The van der Waals surface area contributed by atoms with Crippen LogP contribution < -0.4 is 15.4 Å². The summed E-state index contributed by atoms with van der Waals surface area (Å²) < 4.78 is 26.0. The summed E-state index contributed by atoms with van der Waals surface area (Å²) in [5.41, 5.74) is 7.07. The highest BCUT2D eigenvalue weighted by Gasteiger charge is 2.16. The van der Waals surface area contributed by atoms with Gasteiger partial charge in [0.25, 0.3) is 0 Å². The van der Waals surface area contributed by atoms with E-state index in [1.54, 1.807) is 12.1 Å². The van der Waals surface area contributed by atoms with Gasteiger partial charge < -0.3 is 10.6 Å². The summed E-state index contributed by atoms with van der Waals surface area (Å²) in [5, 5.41) is 5.79. The number of carbonyl (C=O) groups excluding carboxylic acids is 1. The van der Waals surface area contributed by atoms with E-state index in [1.165, 1.54) is 5.56 Å². The van der Waals surface area contributed by atoms with Crippen LogP contribution in [0.25, 0.3) is 0 Å². The molecular formula is C25H35N3O3SSi. The summed E-state index contributed by atoms with van der Waals surface area (Å²) in [6.07, 6.45) is 1.11. The van der Waals surface area contributed by atoms with Crippen molar-refractivity contribution < 1.29 is 13.2 Å². The summed E-state index contributed by atoms with van der Waals surface area (Å²) in [7, 11) is -5.11. The fourth-order valence-corrected chi connectivity index (χ4v) is 4.07. The number of hydrogen-bond acceptors (Lipinski definition) is 3. The van der Waals surface area contributed by atoms with E-state index in [9.17, 15) is 13.2 Å². The van der Waals surface area contributed by atoms with Gasteiger partial charge in [0.1, 0.15) is 8.07 Å². The van der Waals surface area contributed by atoms with Crippen molar-refractivity contribution in [3.63, 3.8) is 0 Å². The summed E-state index contributed by atoms with van der Waals surface area (Å²) in [5.74, 6) is 3.14. The molecule has 0 heterocycles. The van der Waals surface area contributed by atoms with Crippen molar-refractivity contribution in [1.82, 2.24) is 5.32 Å². The number of benzene rings is 2. The topological polar surface area (TPSA) is 87.3 Å². The lowest BCUT2D eigenvalue weighted by atomic mass is 9.87. The Morgan fingerprint density at radius 2 is 1.64 bits per heavy atom. The van der Waals surface area contributed by atoms with Crippen molar-refractivity contribution >= 4 is 35.5 Å². The van der Waals surface area contributed by atoms with Crippen molar-refractivity contribution in [1.29, 1.82) is 0 Å². The largest absolute Gasteiger partial charge is 0.331 e. The summed E-state index contributed by atoms with van der Waals surface area (Å²) in [6, 6.07) is 12.5. The van der Waals surface area contributed by atoms with Crippen molar-refractivity contribution in [2.24, 2.45) is 0 Å². The fourth-order valence-electron chi connectivity index (χ4n) is 2.98. The van der Waals surface area contributed by atoms with Gasteiger partial charge in [-0.2, -0.15) is 0 Å². The first-order chi connectivity index (χ1) is 15.0. The molecule has 0 fully saturated rings. The number of carbonyl (C=O) groups is 1. The maximum atomic E-state index is 12.5. The van der Waals surface area contributed by atoms with E-state index in [1.807, 2.05) is 37.3 Å². The molecule has 0 aliphatic heterocycles. The Balaban J connectivity index is 2.19. The molecule has 0 saturated carbocycles. The highest BCUT2D eigenvalue weighted by atomic mass is 32.2. The molecule has 6 nitrogen and oxygen atoms in total. The molecule has 0 aromatic heterocycles. The molecule has 0 radical (unpaired) electrons. The van der Waals surface area contributed by atoms with Gasteiger partial charge in [-0.25, -0.2) is 13.2 Å². The van der Waals surface area contributed by atoms with Crippen LogP contribution in [-0.2, 0) is 15.4 Å². The highest BCUT2D eigenvalue weighted by Crippen LogP contribution is 2.24. The summed E-state index contributed by atoms with van der Waals surface area (Å²) in [6.45, 7) is 14.7. The number of anilines is 2. The minimum absolute atomic E-state index is 0.0451. The molecule has 0 spiro atoms. The molecule has 0 aliphatic carbocycles. The number of amides is 2. The molecule has 0 aliphatic rings. The van der Waals surface area contributed by atoms with Crippen LogP contribution in [0.5, 0.6) is 0 Å². The van der Waals surface area contributed by atoms with Crippen LogP contribution in [0.3, 0.4) is 0 Å². The predicted octanol–water partition coefficient (Wildman–Crippen LogP) is 5.47. The molecule has 0 saturated heterocycles. The number of hydrogen-bond donors (Lipinski definition) is 3. The van der Waals surface area contributed by atoms with Crippen LogP contribution in [0.1, 0.15) is 50.4 Å². The first kappa shape index (κ1) is 26.5. The molecule has 33 heavy (non-hydrogen) atoms. The van der Waals surface area contributed by atoms with Crippen LogP contribution in [0.2, 0.25) is 19.6 Å². The monoisotopic (exact) mass is 485 g/mol. The van der Waals surface area contributed by atoms with E-state index in [0.29, 0.717) is 16.9 Å². The van der Waals surface area contributed by atoms with Crippen LogP contribution in [0.4, 0.5) is 16.2 Å². The van der Waals surface area contributed by atoms with Crippen molar-refractivity contribution in [3.05, 3.63) is 59.2 Å². The van der Waals surface area contributed by atoms with E-state index in [2.05, 4.69) is 67.2 Å². The molecule has 178 valence electrons. The first-order valence-corrected chi connectivity index (χ1v) is 16.3. The maximum Gasteiger partial charge on any atom is 0.319 e. The Morgan fingerprint density at radius 1 is 1.03 bits per heavy atom. The van der Waals surface area contributed by atoms with E-state index < -0.39 is 18.1 Å². The molecule has 1 unspecified atom stereocenters. The number of urea groups is 1. The third-order valence-corrected chi connectivity index (χ3v) is 6.23. The van der Waals surface area contributed by atoms with Crippen LogP contribution in [-0.4, -0.2) is 28.8 Å². The minimum atomic E-state index is -3.44. The minimum Gasteiger partial charge on any atom is -0.331 e. The zero-order chi connectivity index (χ0) is 25.0. The summed E-state index contributed by atoms with van der Waals surface area (Å²) >= 11 is 0. The Kier molecular flexibility index (Phi) is 8.04. The Hall–Kier alpha value is -2.76. The fraction of sp³-hybridized carbons (Fsp3) is 0.400. The molecule has 2 amide bonds. The quantitative estimate of drug-likeness (QED) is 0.388. The second-order valence-electron chi connectivity index (χ2n) is 10.3. The van der Waals surface area contributed by atoms with Gasteiger partial charge in [-0.1, -0.05) is 64.5 Å². The zero-order valence-electron chi connectivity index (χ0n) is 20.8. The SMILES string of the molecule is CC(NC(=O)Nc1ccc(C(C)(C)C)cc1)c1ccc(NS(C)(=O)=O)c(C#C[Si](C)(C)C)c1. The maximum absolute atomic E-state index is 12.5. The van der Waals surface area contributed by atoms with Gasteiger partial charge in [0.05, 0.1) is 18.0 Å². The number of sulfonamides is 1. The first-order valence-electron chi connectivity index (χ1n) is 10.9. The van der Waals surface area contributed by atoms with Gasteiger partial charge >= 0.3 is 6.03 Å². The average Bonchev–Trinajstić information content (AvgIpc) is 2.65. The van der Waals surface area contributed by atoms with Crippen molar-refractivity contribution in [2.75, 3.05) is 16.3 Å². The average molecular weight is 486 g/mol. The van der Waals surface area contributed by atoms with E-state index in [4.69, 9.17) is 0 Å². The molecule has 1 atom stereocenters. The smallest absolute Gasteiger partial charge is 0.319 e. The van der Waals surface area contributed by atoms with Gasteiger partial charge in [0, 0.05) is 11.3 Å². The highest BCUT2D eigenvalue weighted by molar-refractivity contribution is 7.92. The molecule has 3 N–H and O–H groups in total. The Bertz CT molecular complexity index is 1170. The normalized spacial score (nSPS) is 12.8. The second-order valence-corrected chi connectivity index (χ2v) is 16.8. The third-order valence-electron chi connectivity index (χ3n) is 4.77. The van der Waals surface area contributed by atoms with Gasteiger partial charge in [0.15, 0.2) is 0 Å². The lowest BCUT2D eigenvalue weighted by Gasteiger charge is -2.20. The molecule has 2 aromatic rings. The van der Waals surface area contributed by atoms with Crippen LogP contribution in [0.15, 0.2) is 42.5 Å². The standard InChI is InChI=1S/C25H35N3O3SSi/c1-18(26-24(29)27-22-12-10-21(11-13-22)25(2,3)4)19-9-14-23(28-32(5,30)31)20(17-19)15-16-33(6,7)8/h9-14,17-18,28H,1-8H3,(H2,26,27,29). The van der Waals surface area contributed by atoms with Gasteiger partial charge in [-0.05, 0) is 47.7 Å². The van der Waals surface area contributed by atoms with Crippen LogP contribution in [0, 0.1) is 11.5 Å². The van der Waals surface area contributed by atoms with Crippen molar-refractivity contribution in [2.45, 2.75) is 58.8 Å².